The summed E-state index contributed by atoms with van der Waals surface area (Å²) >= 11 is 0. The fourth-order valence-electron chi connectivity index (χ4n) is 3.73. The highest BCUT2D eigenvalue weighted by atomic mass is 16.5. The number of carbonyl (C=O) groups is 3. The minimum atomic E-state index is -1.08. The van der Waals surface area contributed by atoms with Gasteiger partial charge in [-0.3, -0.25) is 4.79 Å². The van der Waals surface area contributed by atoms with Crippen LogP contribution in [-0.4, -0.2) is 66.3 Å². The van der Waals surface area contributed by atoms with E-state index in [2.05, 4.69) is 10.6 Å². The normalized spacial score (nSPS) is 15.5. The van der Waals surface area contributed by atoms with E-state index in [1.165, 1.54) is 6.08 Å². The first-order valence-corrected chi connectivity index (χ1v) is 11.4. The number of ether oxygens (including phenoxy) is 1. The lowest BCUT2D eigenvalue weighted by Gasteiger charge is -2.29. The molecule has 2 atom stereocenters. The Balaban J connectivity index is 1.71. The van der Waals surface area contributed by atoms with E-state index < -0.39 is 18.1 Å². The smallest absolute Gasteiger partial charge is 0.328 e. The number of carboxylic acid groups (broad SMARTS) is 1. The minimum absolute atomic E-state index is 0.316. The predicted octanol–water partition coefficient (Wildman–Crippen LogP) is 2.40. The molecule has 2 aromatic rings. The third kappa shape index (κ3) is 8.37. The highest BCUT2D eigenvalue weighted by molar-refractivity contribution is 5.88. The van der Waals surface area contributed by atoms with Gasteiger partial charge in [-0.15, -0.1) is 0 Å². The molecule has 1 unspecified atom stereocenters. The van der Waals surface area contributed by atoms with Crippen LogP contribution in [0.4, 0.5) is 4.79 Å². The third-order valence-electron chi connectivity index (χ3n) is 5.58. The zero-order valence-electron chi connectivity index (χ0n) is 19.1. The summed E-state index contributed by atoms with van der Waals surface area (Å²) in [5, 5.41) is 14.9. The molecule has 1 fully saturated rings. The van der Waals surface area contributed by atoms with Crippen LogP contribution >= 0.6 is 0 Å². The van der Waals surface area contributed by atoms with Crippen molar-refractivity contribution in [2.75, 3.05) is 26.3 Å². The number of hydrogen-bond donors (Lipinski definition) is 3. The van der Waals surface area contributed by atoms with Crippen LogP contribution in [0.25, 0.3) is 0 Å². The van der Waals surface area contributed by atoms with Gasteiger partial charge in [0.15, 0.2) is 0 Å². The Hall–Kier alpha value is -3.65. The van der Waals surface area contributed by atoms with E-state index in [-0.39, 0.29) is 11.9 Å². The van der Waals surface area contributed by atoms with Gasteiger partial charge in [0.2, 0.25) is 5.91 Å². The van der Waals surface area contributed by atoms with Gasteiger partial charge in [-0.1, -0.05) is 66.7 Å². The second kappa shape index (κ2) is 13.2. The maximum absolute atomic E-state index is 13.3. The van der Waals surface area contributed by atoms with E-state index >= 15 is 0 Å². The van der Waals surface area contributed by atoms with Crippen molar-refractivity contribution in [2.24, 2.45) is 0 Å². The number of amides is 3. The Bertz CT molecular complexity index is 959. The Morgan fingerprint density at radius 2 is 1.56 bits per heavy atom. The second-order valence-electron chi connectivity index (χ2n) is 8.13. The number of nitrogens with one attached hydrogen (secondary N) is 2. The van der Waals surface area contributed by atoms with E-state index in [4.69, 9.17) is 9.84 Å². The summed E-state index contributed by atoms with van der Waals surface area (Å²) in [4.78, 5) is 38.8. The van der Waals surface area contributed by atoms with Crippen molar-refractivity contribution in [3.63, 3.8) is 0 Å². The molecule has 0 bridgehead atoms. The molecule has 1 heterocycles. The van der Waals surface area contributed by atoms with Crippen LogP contribution in [0.2, 0.25) is 0 Å². The molecule has 1 aliphatic heterocycles. The Morgan fingerprint density at radius 3 is 2.18 bits per heavy atom. The number of carboxylic acids is 1. The van der Waals surface area contributed by atoms with Gasteiger partial charge >= 0.3 is 12.0 Å². The number of urea groups is 1. The van der Waals surface area contributed by atoms with Gasteiger partial charge in [-0.2, -0.15) is 0 Å². The summed E-state index contributed by atoms with van der Waals surface area (Å²) in [6, 6.07) is 17.6. The summed E-state index contributed by atoms with van der Waals surface area (Å²) in [5.74, 6) is -1.45. The molecule has 1 aliphatic rings. The molecule has 0 aromatic heterocycles. The van der Waals surface area contributed by atoms with Crippen molar-refractivity contribution in [2.45, 2.75) is 31.3 Å². The lowest BCUT2D eigenvalue weighted by molar-refractivity contribution is -0.131. The molecule has 0 saturated carbocycles. The SMILES string of the molecule is O=C(O)/C=C/[C@H](CCc1ccccc1)NC(=O)C(Cc1ccccc1)NC(=O)N1CCOCC1. The van der Waals surface area contributed by atoms with E-state index in [1.54, 1.807) is 4.90 Å². The van der Waals surface area contributed by atoms with Gasteiger partial charge in [0.25, 0.3) is 0 Å². The second-order valence-corrected chi connectivity index (χ2v) is 8.13. The summed E-state index contributed by atoms with van der Waals surface area (Å²) in [5.41, 5.74) is 2.00. The van der Waals surface area contributed by atoms with Crippen LogP contribution in [0.3, 0.4) is 0 Å². The van der Waals surface area contributed by atoms with Crippen LogP contribution in [0, 0.1) is 0 Å². The number of nitrogens with zero attached hydrogens (tertiary/aromatic N) is 1. The zero-order valence-corrected chi connectivity index (χ0v) is 19.1. The molecule has 2 aromatic carbocycles. The summed E-state index contributed by atoms with van der Waals surface area (Å²) in [6.45, 7) is 1.86. The standard InChI is InChI=1S/C26H31N3O5/c30-24(31)14-13-22(12-11-20-7-3-1-4-8-20)27-25(32)23(19-21-9-5-2-6-10-21)28-26(33)29-15-17-34-18-16-29/h1-10,13-14,22-23H,11-12,15-19H2,(H,27,32)(H,28,33)(H,30,31)/b14-13+/t22-,23?/m0/s1. The molecule has 180 valence electrons. The van der Waals surface area contributed by atoms with Crippen molar-refractivity contribution in [3.8, 4) is 0 Å². The summed E-state index contributed by atoms with van der Waals surface area (Å²) < 4.78 is 5.30. The van der Waals surface area contributed by atoms with Crippen molar-refractivity contribution in [3.05, 3.63) is 83.9 Å². The molecule has 0 spiro atoms. The number of hydrogen-bond acceptors (Lipinski definition) is 4. The number of carbonyl (C=O) groups excluding carboxylic acids is 2. The van der Waals surface area contributed by atoms with E-state index in [0.29, 0.717) is 45.6 Å². The maximum Gasteiger partial charge on any atom is 0.328 e. The molecule has 8 nitrogen and oxygen atoms in total. The topological polar surface area (TPSA) is 108 Å². The Labute approximate surface area is 199 Å². The van der Waals surface area contributed by atoms with E-state index in [1.807, 2.05) is 60.7 Å². The van der Waals surface area contributed by atoms with E-state index in [9.17, 15) is 14.4 Å². The highest BCUT2D eigenvalue weighted by Crippen LogP contribution is 2.09. The van der Waals surface area contributed by atoms with Crippen molar-refractivity contribution < 1.29 is 24.2 Å². The van der Waals surface area contributed by atoms with E-state index in [0.717, 1.165) is 17.2 Å². The molecule has 8 heteroatoms. The Kier molecular flexibility index (Phi) is 9.66. The van der Waals surface area contributed by atoms with Gasteiger partial charge in [-0.05, 0) is 24.0 Å². The molecule has 1 saturated heterocycles. The first kappa shape index (κ1) is 25.0. The van der Waals surface area contributed by atoms with Gasteiger partial charge in [0.05, 0.1) is 13.2 Å². The van der Waals surface area contributed by atoms with Gasteiger partial charge in [0, 0.05) is 31.6 Å². The molecular weight excluding hydrogens is 434 g/mol. The quantitative estimate of drug-likeness (QED) is 0.467. The zero-order chi connectivity index (χ0) is 24.2. The molecule has 3 amide bonds. The van der Waals surface area contributed by atoms with Gasteiger partial charge < -0.3 is 25.4 Å². The summed E-state index contributed by atoms with van der Waals surface area (Å²) in [7, 11) is 0. The monoisotopic (exact) mass is 465 g/mol. The molecular formula is C26H31N3O5. The number of aliphatic carboxylic acids is 1. The Morgan fingerprint density at radius 1 is 0.941 bits per heavy atom. The van der Waals surface area contributed by atoms with Crippen molar-refractivity contribution >= 4 is 17.9 Å². The van der Waals surface area contributed by atoms with Crippen LogP contribution in [0.5, 0.6) is 0 Å². The number of morpholine rings is 1. The fraction of sp³-hybridized carbons (Fsp3) is 0.346. The largest absolute Gasteiger partial charge is 0.478 e. The van der Waals surface area contributed by atoms with Crippen LogP contribution in [0.15, 0.2) is 72.8 Å². The molecule has 0 radical (unpaired) electrons. The van der Waals surface area contributed by atoms with Gasteiger partial charge in [-0.25, -0.2) is 9.59 Å². The first-order chi connectivity index (χ1) is 16.5. The molecule has 3 N–H and O–H groups in total. The van der Waals surface area contributed by atoms with Crippen LogP contribution < -0.4 is 10.6 Å². The average molecular weight is 466 g/mol. The first-order valence-electron chi connectivity index (χ1n) is 11.4. The lowest BCUT2D eigenvalue weighted by Crippen LogP contribution is -2.55. The van der Waals surface area contributed by atoms with Crippen LogP contribution in [-0.2, 0) is 27.2 Å². The molecule has 3 rings (SSSR count). The number of aryl methyl sites for hydroxylation is 1. The van der Waals surface area contributed by atoms with Crippen LogP contribution in [0.1, 0.15) is 17.5 Å². The lowest BCUT2D eigenvalue weighted by atomic mass is 10.0. The average Bonchev–Trinajstić information content (AvgIpc) is 2.86. The molecule has 34 heavy (non-hydrogen) atoms. The fourth-order valence-corrected chi connectivity index (χ4v) is 3.73. The maximum atomic E-state index is 13.3. The molecule has 0 aliphatic carbocycles. The van der Waals surface area contributed by atoms with Crippen molar-refractivity contribution in [1.29, 1.82) is 0 Å². The summed E-state index contributed by atoms with van der Waals surface area (Å²) in [6.07, 6.45) is 4.02. The highest BCUT2D eigenvalue weighted by Gasteiger charge is 2.26. The van der Waals surface area contributed by atoms with Gasteiger partial charge in [0.1, 0.15) is 6.04 Å². The number of benzene rings is 2. The third-order valence-corrected chi connectivity index (χ3v) is 5.58. The predicted molar refractivity (Wildman–Crippen MR) is 128 cm³/mol. The number of rotatable bonds is 10. The minimum Gasteiger partial charge on any atom is -0.478 e. The van der Waals surface area contributed by atoms with Crippen molar-refractivity contribution in [1.82, 2.24) is 15.5 Å².